The smallest absolute Gasteiger partial charge is 0.366 e. The zero-order chi connectivity index (χ0) is 61.4. The van der Waals surface area contributed by atoms with Gasteiger partial charge in [-0.25, -0.2) is 33.6 Å². The van der Waals surface area contributed by atoms with Crippen molar-refractivity contribution < 1.29 is 81.6 Å². The highest BCUT2D eigenvalue weighted by Crippen LogP contribution is 2.25. The third-order valence-corrected chi connectivity index (χ3v) is 10.4. The molecule has 0 radical (unpaired) electrons. The van der Waals surface area contributed by atoms with Crippen LogP contribution >= 0.6 is 21.4 Å². The van der Waals surface area contributed by atoms with Crippen LogP contribution in [-0.4, -0.2) is 116 Å². The number of benzene rings is 6. The molecule has 9 rings (SSSR count). The fourth-order valence-corrected chi connectivity index (χ4v) is 6.75. The number of nitrogens with one attached hydrogen (secondary N) is 3. The van der Waals surface area contributed by atoms with Gasteiger partial charge in [0, 0.05) is 70.6 Å². The van der Waals surface area contributed by atoms with E-state index in [-0.39, 0.29) is 61.2 Å². The standard InChI is InChI=1S/C18H10N2O4.C18H20N2O4.C9H9NO3.C9H7NO2.C4H6O3.Cl2OS/c21-17-13(19-15(23-17)11-7-3-1-4-8-11)14-18(22)24-16(20-14)12-9-5-2-6-10-12;21-17(22)15(19-11-13-7-3-1-4-8-13)16(18(23)24)20-12-14-9-5-2-6-10-14;11-8(12)6-10-9(13)7-4-2-1-3-5-7;11-8-6-10-9(12-8)7-4-2-1-3-5-7;1-3(5)7-4(2)6;1-4(2)3/h1-10H;1-10,15-16,19-20H,11-12H2,(H,21,22)(H,23,24);1-5H,6H2,(H,10,13)(H,11,12);1-5H,6H2;1-2H3;/b14-13+;;;;;. The monoisotopic (exact) mass is 1210 g/mol. The maximum Gasteiger partial charge on any atom is 0.366 e. The van der Waals surface area contributed by atoms with Crippen molar-refractivity contribution in [2.45, 2.75) is 39.0 Å². The highest BCUT2D eigenvalue weighted by Gasteiger charge is 2.36. The lowest BCUT2D eigenvalue weighted by Gasteiger charge is -2.23. The Morgan fingerprint density at radius 2 is 0.869 bits per heavy atom. The third-order valence-electron chi connectivity index (χ3n) is 10.4. The van der Waals surface area contributed by atoms with Crippen LogP contribution in [0.5, 0.6) is 0 Å². The molecule has 6 aromatic rings. The van der Waals surface area contributed by atoms with E-state index in [1.165, 1.54) is 13.8 Å². The second-order valence-electron chi connectivity index (χ2n) is 16.6. The largest absolute Gasteiger partial charge is 0.480 e. The summed E-state index contributed by atoms with van der Waals surface area (Å²) in [5.74, 6) is -5.99. The summed E-state index contributed by atoms with van der Waals surface area (Å²) >= 11 is 0. The molecule has 84 heavy (non-hydrogen) atoms. The van der Waals surface area contributed by atoms with Crippen LogP contribution in [-0.2, 0) is 79.6 Å². The van der Waals surface area contributed by atoms with E-state index in [1.807, 2.05) is 103 Å². The number of halogens is 2. The average molecular weight is 1210 g/mol. The van der Waals surface area contributed by atoms with E-state index in [0.717, 1.165) is 16.7 Å². The highest BCUT2D eigenvalue weighted by atomic mass is 36.0. The zero-order valence-corrected chi connectivity index (χ0v) is 46.7. The summed E-state index contributed by atoms with van der Waals surface area (Å²) in [5.41, 5.74) is 4.06. The summed E-state index contributed by atoms with van der Waals surface area (Å²) in [6.07, 6.45) is 0. The Morgan fingerprint density at radius 3 is 1.17 bits per heavy atom. The van der Waals surface area contributed by atoms with Gasteiger partial charge >= 0.3 is 47.8 Å². The molecule has 1 amide bonds. The molecular formula is C58H52Cl2N6O17S. The number of aliphatic imine (C=N–C) groups is 3. The Morgan fingerprint density at radius 1 is 0.536 bits per heavy atom. The maximum atomic E-state index is 12.1. The number of ether oxygens (including phenoxy) is 4. The topological polar surface area (TPSA) is 341 Å². The number of hydrogen-bond donors (Lipinski definition) is 6. The van der Waals surface area contributed by atoms with Crippen molar-refractivity contribution in [2.75, 3.05) is 13.1 Å². The van der Waals surface area contributed by atoms with Gasteiger partial charge in [0.25, 0.3) is 5.91 Å². The maximum absolute atomic E-state index is 12.1. The van der Waals surface area contributed by atoms with Crippen LogP contribution in [0.15, 0.2) is 208 Å². The van der Waals surface area contributed by atoms with E-state index in [1.54, 1.807) is 78.9 Å². The Kier molecular flexibility index (Phi) is 28.4. The van der Waals surface area contributed by atoms with Crippen LogP contribution in [0.3, 0.4) is 0 Å². The van der Waals surface area contributed by atoms with Crippen molar-refractivity contribution in [2.24, 2.45) is 15.0 Å². The second-order valence-corrected chi connectivity index (χ2v) is 19.1. The number of cyclic esters (lactones) is 3. The van der Waals surface area contributed by atoms with Crippen molar-refractivity contribution in [3.63, 3.8) is 0 Å². The summed E-state index contributed by atoms with van der Waals surface area (Å²) in [6, 6.07) is 51.7. The fourth-order valence-electron chi connectivity index (χ4n) is 6.75. The molecule has 436 valence electrons. The molecule has 0 saturated carbocycles. The minimum atomic E-state index is -1.67. The summed E-state index contributed by atoms with van der Waals surface area (Å²) < 4.78 is 28.2. The Balaban J connectivity index is 0.000000234. The molecule has 26 heteroatoms. The molecule has 0 aliphatic carbocycles. The predicted molar refractivity (Wildman–Crippen MR) is 307 cm³/mol. The first-order valence-corrected chi connectivity index (χ1v) is 27.3. The number of aliphatic carboxylic acids is 3. The number of carboxylic acids is 3. The molecule has 23 nitrogen and oxygen atoms in total. The van der Waals surface area contributed by atoms with Crippen LogP contribution in [0.4, 0.5) is 0 Å². The first kappa shape index (κ1) is 66.7. The van der Waals surface area contributed by atoms with Gasteiger partial charge in [-0.05, 0) is 59.7 Å². The summed E-state index contributed by atoms with van der Waals surface area (Å²) in [4.78, 5) is 111. The quantitative estimate of drug-likeness (QED) is 0.0216. The average Bonchev–Trinajstić information content (AvgIpc) is 4.32. The molecule has 0 bridgehead atoms. The fraction of sp³-hybridized carbons (Fsp3) is 0.138. The normalized spacial score (nSPS) is 14.1. The van der Waals surface area contributed by atoms with Gasteiger partial charge in [-0.2, -0.15) is 0 Å². The SMILES string of the molecule is CC(=O)OC(C)=O.O=C(O)C(NCc1ccccc1)C(NCc1ccccc1)C(=O)O.O=C(O)CNC(=O)c1ccccc1.O=C1CN=C(c2ccccc2)O1.O=C1OC(c2ccccc2)=N/C1=C1/N=C(c2ccccc2)OC1=O.O=S(Cl)Cl. The van der Waals surface area contributed by atoms with Gasteiger partial charge in [0.2, 0.25) is 26.9 Å². The van der Waals surface area contributed by atoms with Gasteiger partial charge in [-0.15, -0.1) is 0 Å². The summed E-state index contributed by atoms with van der Waals surface area (Å²) in [5, 5.41) is 35.0. The first-order chi connectivity index (χ1) is 40.2. The van der Waals surface area contributed by atoms with Crippen LogP contribution in [0.1, 0.15) is 52.0 Å². The van der Waals surface area contributed by atoms with Crippen molar-refractivity contribution >= 4 is 102 Å². The molecule has 2 unspecified atom stereocenters. The lowest BCUT2D eigenvalue weighted by Crippen LogP contribution is -2.56. The number of esters is 5. The second kappa shape index (κ2) is 35.8. The molecular weight excluding hydrogens is 1160 g/mol. The van der Waals surface area contributed by atoms with E-state index in [2.05, 4.69) is 57.0 Å². The number of nitrogens with zero attached hydrogens (tertiary/aromatic N) is 3. The Bertz CT molecular complexity index is 3230. The van der Waals surface area contributed by atoms with Crippen LogP contribution in [0, 0.1) is 0 Å². The van der Waals surface area contributed by atoms with E-state index >= 15 is 0 Å². The molecule has 2 atom stereocenters. The van der Waals surface area contributed by atoms with Gasteiger partial charge in [-0.1, -0.05) is 133 Å². The van der Waals surface area contributed by atoms with Gasteiger partial charge < -0.3 is 39.6 Å². The molecule has 0 spiro atoms. The Labute approximate surface area is 491 Å². The Hall–Kier alpha value is -9.85. The van der Waals surface area contributed by atoms with Crippen LogP contribution < -0.4 is 16.0 Å². The van der Waals surface area contributed by atoms with Gasteiger partial charge in [0.15, 0.2) is 11.4 Å². The minimum Gasteiger partial charge on any atom is -0.480 e. The van der Waals surface area contributed by atoms with E-state index in [9.17, 15) is 53.4 Å². The lowest BCUT2D eigenvalue weighted by atomic mass is 10.1. The number of carbonyl (C=O) groups is 9. The van der Waals surface area contributed by atoms with Gasteiger partial charge in [-0.3, -0.25) is 39.4 Å². The van der Waals surface area contributed by atoms with Crippen LogP contribution in [0.2, 0.25) is 0 Å². The molecule has 0 fully saturated rings. The highest BCUT2D eigenvalue weighted by molar-refractivity contribution is 8.26. The van der Waals surface area contributed by atoms with Crippen LogP contribution in [0.25, 0.3) is 0 Å². The van der Waals surface area contributed by atoms with E-state index in [4.69, 9.17) is 23.5 Å². The zero-order valence-electron chi connectivity index (χ0n) is 44.4. The number of carbonyl (C=O) groups excluding carboxylic acids is 6. The van der Waals surface area contributed by atoms with Crippen molar-refractivity contribution in [1.82, 2.24) is 16.0 Å². The minimum absolute atomic E-state index is 0.138. The van der Waals surface area contributed by atoms with Crippen molar-refractivity contribution in [1.29, 1.82) is 0 Å². The van der Waals surface area contributed by atoms with Crippen molar-refractivity contribution in [3.8, 4) is 0 Å². The first-order valence-electron chi connectivity index (χ1n) is 24.5. The van der Waals surface area contributed by atoms with E-state index in [0.29, 0.717) is 22.6 Å². The molecule has 3 aliphatic heterocycles. The summed E-state index contributed by atoms with van der Waals surface area (Å²) in [6.45, 7) is 2.70. The third kappa shape index (κ3) is 24.5. The number of carboxylic acid groups (broad SMARTS) is 3. The molecule has 6 aromatic carbocycles. The van der Waals surface area contributed by atoms with Gasteiger partial charge in [0.1, 0.15) is 25.2 Å². The molecule has 0 aromatic heterocycles. The molecule has 3 aliphatic rings. The number of rotatable bonds is 15. The molecule has 3 heterocycles. The lowest BCUT2D eigenvalue weighted by molar-refractivity contribution is -0.156. The summed E-state index contributed by atoms with van der Waals surface area (Å²) in [7, 11) is 7.36. The van der Waals surface area contributed by atoms with Gasteiger partial charge in [0.05, 0.1) is 0 Å². The molecule has 0 saturated heterocycles. The van der Waals surface area contributed by atoms with E-state index < -0.39 is 63.1 Å². The number of amides is 1. The van der Waals surface area contributed by atoms with Crippen molar-refractivity contribution in [3.05, 3.63) is 227 Å². The predicted octanol–water partition coefficient (Wildman–Crippen LogP) is 6.31. The molecule has 6 N–H and O–H groups in total. The number of hydrogen-bond acceptors (Lipinski definition) is 19.